The van der Waals surface area contributed by atoms with E-state index in [9.17, 15) is 4.79 Å². The molecule has 0 amide bonds. The molecule has 3 nitrogen and oxygen atoms in total. The number of rotatable bonds is 5. The lowest BCUT2D eigenvalue weighted by Crippen LogP contribution is -2.34. The first-order valence-electron chi connectivity index (χ1n) is 6.43. The maximum Gasteiger partial charge on any atom is 0.309 e. The highest BCUT2D eigenvalue weighted by molar-refractivity contribution is 5.71. The fraction of sp³-hybridized carbons (Fsp3) is 0.923. The first kappa shape index (κ1) is 13.5. The van der Waals surface area contributed by atoms with Crippen molar-refractivity contribution in [2.75, 3.05) is 20.2 Å². The Morgan fingerprint density at radius 1 is 1.44 bits per heavy atom. The quantitative estimate of drug-likeness (QED) is 0.732. The van der Waals surface area contributed by atoms with E-state index in [-0.39, 0.29) is 11.9 Å². The molecule has 1 aliphatic carbocycles. The molecule has 1 saturated carbocycles. The number of methoxy groups -OCH3 is 1. The van der Waals surface area contributed by atoms with Crippen molar-refractivity contribution < 1.29 is 9.53 Å². The van der Waals surface area contributed by atoms with Gasteiger partial charge in [-0.05, 0) is 24.8 Å². The fourth-order valence-electron chi connectivity index (χ4n) is 2.47. The predicted octanol–water partition coefficient (Wildman–Crippen LogP) is 2.21. The zero-order valence-electron chi connectivity index (χ0n) is 10.8. The van der Waals surface area contributed by atoms with Crippen LogP contribution in [0.3, 0.4) is 0 Å². The Bertz CT molecular complexity index is 218. The average molecular weight is 227 g/mol. The normalized spacial score (nSPS) is 27.4. The molecule has 1 aliphatic rings. The number of nitrogens with one attached hydrogen (secondary N) is 1. The molecule has 3 unspecified atom stereocenters. The van der Waals surface area contributed by atoms with Crippen LogP contribution in [0.2, 0.25) is 0 Å². The summed E-state index contributed by atoms with van der Waals surface area (Å²) in [7, 11) is 1.45. The van der Waals surface area contributed by atoms with E-state index in [1.165, 1.54) is 32.8 Å². The summed E-state index contributed by atoms with van der Waals surface area (Å²) < 4.78 is 4.70. The first-order valence-corrected chi connectivity index (χ1v) is 6.43. The number of carbonyl (C=O) groups excluding carboxylic acids is 1. The van der Waals surface area contributed by atoms with Crippen LogP contribution in [-0.4, -0.2) is 26.2 Å². The molecule has 0 radical (unpaired) electrons. The SMILES string of the molecule is COC(=O)C(C)CNCC1CCCCC1C. The van der Waals surface area contributed by atoms with Gasteiger partial charge < -0.3 is 10.1 Å². The van der Waals surface area contributed by atoms with E-state index in [1.54, 1.807) is 0 Å². The summed E-state index contributed by atoms with van der Waals surface area (Å²) in [6.07, 6.45) is 5.44. The molecule has 16 heavy (non-hydrogen) atoms. The van der Waals surface area contributed by atoms with Crippen LogP contribution in [-0.2, 0) is 9.53 Å². The summed E-state index contributed by atoms with van der Waals surface area (Å²) in [4.78, 5) is 11.2. The Balaban J connectivity index is 2.16. The molecule has 0 aromatic carbocycles. The van der Waals surface area contributed by atoms with Gasteiger partial charge in [0.25, 0.3) is 0 Å². The van der Waals surface area contributed by atoms with Crippen molar-refractivity contribution in [1.82, 2.24) is 5.32 Å². The molecule has 0 heterocycles. The van der Waals surface area contributed by atoms with Crippen LogP contribution in [0.15, 0.2) is 0 Å². The van der Waals surface area contributed by atoms with Gasteiger partial charge in [0, 0.05) is 6.54 Å². The van der Waals surface area contributed by atoms with E-state index in [0.29, 0.717) is 0 Å². The number of esters is 1. The maximum atomic E-state index is 11.2. The first-order chi connectivity index (χ1) is 7.65. The van der Waals surface area contributed by atoms with E-state index < -0.39 is 0 Å². The van der Waals surface area contributed by atoms with Crippen LogP contribution in [0.1, 0.15) is 39.5 Å². The third kappa shape index (κ3) is 4.12. The van der Waals surface area contributed by atoms with Crippen LogP contribution < -0.4 is 5.32 Å². The molecule has 0 aromatic heterocycles. The van der Waals surface area contributed by atoms with Gasteiger partial charge in [-0.2, -0.15) is 0 Å². The van der Waals surface area contributed by atoms with Gasteiger partial charge in [0.05, 0.1) is 13.0 Å². The van der Waals surface area contributed by atoms with Crippen molar-refractivity contribution >= 4 is 5.97 Å². The highest BCUT2D eigenvalue weighted by Gasteiger charge is 2.21. The summed E-state index contributed by atoms with van der Waals surface area (Å²) in [5.41, 5.74) is 0. The third-order valence-corrected chi connectivity index (χ3v) is 3.75. The summed E-state index contributed by atoms with van der Waals surface area (Å²) >= 11 is 0. The topological polar surface area (TPSA) is 38.3 Å². The summed E-state index contributed by atoms with van der Waals surface area (Å²) in [5.74, 6) is 1.46. The van der Waals surface area contributed by atoms with E-state index in [2.05, 4.69) is 12.2 Å². The van der Waals surface area contributed by atoms with E-state index in [1.807, 2.05) is 6.92 Å². The molecule has 3 heteroatoms. The third-order valence-electron chi connectivity index (χ3n) is 3.75. The summed E-state index contributed by atoms with van der Waals surface area (Å²) in [6, 6.07) is 0. The van der Waals surface area contributed by atoms with Crippen LogP contribution in [0.4, 0.5) is 0 Å². The molecule has 1 fully saturated rings. The van der Waals surface area contributed by atoms with E-state index in [4.69, 9.17) is 4.74 Å². The minimum atomic E-state index is -0.121. The Morgan fingerprint density at radius 2 is 2.12 bits per heavy atom. The highest BCUT2D eigenvalue weighted by Crippen LogP contribution is 2.28. The Hall–Kier alpha value is -0.570. The number of ether oxygens (including phenoxy) is 1. The molecule has 3 atom stereocenters. The average Bonchev–Trinajstić information content (AvgIpc) is 2.30. The van der Waals surface area contributed by atoms with Gasteiger partial charge in [-0.15, -0.1) is 0 Å². The van der Waals surface area contributed by atoms with Gasteiger partial charge in [-0.1, -0.05) is 33.1 Å². The molecular formula is C13H25NO2. The molecule has 0 bridgehead atoms. The molecule has 0 aliphatic heterocycles. The van der Waals surface area contributed by atoms with Crippen molar-refractivity contribution in [2.24, 2.45) is 17.8 Å². The number of hydrogen-bond donors (Lipinski definition) is 1. The molecule has 94 valence electrons. The second-order valence-corrected chi connectivity index (χ2v) is 5.10. The van der Waals surface area contributed by atoms with Crippen molar-refractivity contribution in [3.05, 3.63) is 0 Å². The molecule has 1 N–H and O–H groups in total. The number of carbonyl (C=O) groups is 1. The molecular weight excluding hydrogens is 202 g/mol. The smallest absolute Gasteiger partial charge is 0.309 e. The van der Waals surface area contributed by atoms with Gasteiger partial charge in [0.1, 0.15) is 0 Å². The van der Waals surface area contributed by atoms with Gasteiger partial charge in [-0.3, -0.25) is 4.79 Å². The zero-order valence-corrected chi connectivity index (χ0v) is 10.8. The fourth-order valence-corrected chi connectivity index (χ4v) is 2.47. The molecule has 0 saturated heterocycles. The lowest BCUT2D eigenvalue weighted by molar-refractivity contribution is -0.144. The van der Waals surface area contributed by atoms with Crippen molar-refractivity contribution in [3.63, 3.8) is 0 Å². The predicted molar refractivity (Wildman–Crippen MR) is 65.2 cm³/mol. The minimum Gasteiger partial charge on any atom is -0.469 e. The van der Waals surface area contributed by atoms with Crippen molar-refractivity contribution in [2.45, 2.75) is 39.5 Å². The lowest BCUT2D eigenvalue weighted by Gasteiger charge is -2.29. The molecule has 0 aromatic rings. The van der Waals surface area contributed by atoms with Gasteiger partial charge in [0.2, 0.25) is 0 Å². The monoisotopic (exact) mass is 227 g/mol. The second-order valence-electron chi connectivity index (χ2n) is 5.10. The maximum absolute atomic E-state index is 11.2. The van der Waals surface area contributed by atoms with E-state index in [0.717, 1.165) is 24.9 Å². The molecule has 1 rings (SSSR count). The summed E-state index contributed by atoms with van der Waals surface area (Å²) in [5, 5.41) is 3.40. The highest BCUT2D eigenvalue weighted by atomic mass is 16.5. The van der Waals surface area contributed by atoms with Gasteiger partial charge in [-0.25, -0.2) is 0 Å². The number of hydrogen-bond acceptors (Lipinski definition) is 3. The standard InChI is InChI=1S/C13H25NO2/c1-10-6-4-5-7-12(10)9-14-8-11(2)13(15)16-3/h10-12,14H,4-9H2,1-3H3. The largest absolute Gasteiger partial charge is 0.469 e. The van der Waals surface area contributed by atoms with Crippen LogP contribution in [0.5, 0.6) is 0 Å². The minimum absolute atomic E-state index is 0.0381. The summed E-state index contributed by atoms with van der Waals surface area (Å²) in [6.45, 7) is 6.02. The molecule has 0 spiro atoms. The van der Waals surface area contributed by atoms with Crippen LogP contribution in [0.25, 0.3) is 0 Å². The Morgan fingerprint density at radius 3 is 2.75 bits per heavy atom. The lowest BCUT2D eigenvalue weighted by atomic mass is 9.80. The zero-order chi connectivity index (χ0) is 12.0. The van der Waals surface area contributed by atoms with Crippen LogP contribution in [0, 0.1) is 17.8 Å². The van der Waals surface area contributed by atoms with E-state index >= 15 is 0 Å². The second kappa shape index (κ2) is 6.89. The Kier molecular flexibility index (Phi) is 5.81. The van der Waals surface area contributed by atoms with Crippen molar-refractivity contribution in [3.8, 4) is 0 Å². The van der Waals surface area contributed by atoms with Crippen LogP contribution >= 0.6 is 0 Å². The van der Waals surface area contributed by atoms with Gasteiger partial charge in [0.15, 0.2) is 0 Å². The van der Waals surface area contributed by atoms with Gasteiger partial charge >= 0.3 is 5.97 Å². The van der Waals surface area contributed by atoms with Crippen molar-refractivity contribution in [1.29, 1.82) is 0 Å². The Labute approximate surface area is 98.9 Å².